The lowest BCUT2D eigenvalue weighted by Gasteiger charge is -2.15. The highest BCUT2D eigenvalue weighted by Crippen LogP contribution is 2.20. The number of guanidine groups is 1. The van der Waals surface area contributed by atoms with E-state index in [1.165, 1.54) is 32.1 Å². The normalized spacial score (nSPS) is 24.2. The Balaban J connectivity index is 1.47. The Hall–Kier alpha value is -0.810. The molecule has 1 saturated heterocycles. The van der Waals surface area contributed by atoms with Crippen LogP contribution >= 0.6 is 0 Å². The van der Waals surface area contributed by atoms with Gasteiger partial charge in [-0.15, -0.1) is 0 Å². The van der Waals surface area contributed by atoms with E-state index in [4.69, 9.17) is 9.47 Å². The molecule has 5 heteroatoms. The van der Waals surface area contributed by atoms with Crippen LogP contribution in [0.15, 0.2) is 4.99 Å². The van der Waals surface area contributed by atoms with Crippen molar-refractivity contribution >= 4 is 5.96 Å². The van der Waals surface area contributed by atoms with Crippen molar-refractivity contribution in [1.82, 2.24) is 10.6 Å². The van der Waals surface area contributed by atoms with E-state index < -0.39 is 0 Å². The fourth-order valence-corrected chi connectivity index (χ4v) is 2.82. The summed E-state index contributed by atoms with van der Waals surface area (Å²) in [6, 6.07) is 0. The Kier molecular flexibility index (Phi) is 7.15. The van der Waals surface area contributed by atoms with Crippen LogP contribution in [-0.2, 0) is 9.47 Å². The molecule has 1 saturated carbocycles. The van der Waals surface area contributed by atoms with E-state index in [1.807, 2.05) is 0 Å². The molecule has 2 fully saturated rings. The maximum absolute atomic E-state index is 5.84. The molecule has 0 amide bonds. The van der Waals surface area contributed by atoms with Gasteiger partial charge in [0.25, 0.3) is 0 Å². The van der Waals surface area contributed by atoms with Crippen molar-refractivity contribution in [1.29, 1.82) is 0 Å². The van der Waals surface area contributed by atoms with E-state index in [0.29, 0.717) is 12.2 Å². The molecule has 1 aliphatic carbocycles. The van der Waals surface area contributed by atoms with Gasteiger partial charge in [-0.2, -0.15) is 0 Å². The minimum absolute atomic E-state index is 0.347. The number of ether oxygens (including phenoxy) is 2. The number of nitrogens with one attached hydrogen (secondary N) is 2. The Morgan fingerprint density at radius 3 is 2.75 bits per heavy atom. The van der Waals surface area contributed by atoms with Crippen LogP contribution in [0.5, 0.6) is 0 Å². The molecule has 1 atom stereocenters. The number of nitrogens with zero attached hydrogens (tertiary/aromatic N) is 1. The Morgan fingerprint density at radius 2 is 2.05 bits per heavy atom. The summed E-state index contributed by atoms with van der Waals surface area (Å²) in [5, 5.41) is 6.64. The fourth-order valence-electron chi connectivity index (χ4n) is 2.82. The second-order valence-electron chi connectivity index (χ2n) is 5.65. The van der Waals surface area contributed by atoms with Gasteiger partial charge in [-0.1, -0.05) is 12.8 Å². The van der Waals surface area contributed by atoms with Gasteiger partial charge in [0, 0.05) is 33.4 Å². The standard InChI is InChI=1S/C15H29N3O2/c1-16-15(18-12-14-8-4-10-20-14)17-9-5-11-19-13-6-2-3-7-13/h13-14H,2-12H2,1H3,(H2,16,17,18). The number of hydrogen-bond donors (Lipinski definition) is 2. The highest BCUT2D eigenvalue weighted by molar-refractivity contribution is 5.79. The Morgan fingerprint density at radius 1 is 1.20 bits per heavy atom. The monoisotopic (exact) mass is 283 g/mol. The second-order valence-corrected chi connectivity index (χ2v) is 5.65. The third-order valence-corrected chi connectivity index (χ3v) is 4.01. The molecule has 1 aliphatic heterocycles. The fraction of sp³-hybridized carbons (Fsp3) is 0.933. The van der Waals surface area contributed by atoms with Crippen molar-refractivity contribution in [3.63, 3.8) is 0 Å². The first-order valence-electron chi connectivity index (χ1n) is 8.06. The summed E-state index contributed by atoms with van der Waals surface area (Å²) >= 11 is 0. The highest BCUT2D eigenvalue weighted by Gasteiger charge is 2.16. The van der Waals surface area contributed by atoms with Gasteiger partial charge in [0.15, 0.2) is 5.96 Å². The lowest BCUT2D eigenvalue weighted by molar-refractivity contribution is 0.0573. The molecule has 0 aromatic heterocycles. The SMILES string of the molecule is CN=C(NCCCOC1CCCC1)NCC1CCCO1. The van der Waals surface area contributed by atoms with Crippen molar-refractivity contribution in [3.05, 3.63) is 0 Å². The van der Waals surface area contributed by atoms with Crippen LogP contribution in [-0.4, -0.2) is 51.5 Å². The number of rotatable bonds is 7. The highest BCUT2D eigenvalue weighted by atomic mass is 16.5. The van der Waals surface area contributed by atoms with E-state index in [2.05, 4.69) is 15.6 Å². The van der Waals surface area contributed by atoms with Crippen LogP contribution in [0.3, 0.4) is 0 Å². The van der Waals surface area contributed by atoms with Gasteiger partial charge >= 0.3 is 0 Å². The number of aliphatic imine (C=N–C) groups is 1. The van der Waals surface area contributed by atoms with E-state index in [1.54, 1.807) is 7.05 Å². The number of hydrogen-bond acceptors (Lipinski definition) is 3. The third kappa shape index (κ3) is 5.67. The minimum Gasteiger partial charge on any atom is -0.378 e. The average Bonchev–Trinajstić information content (AvgIpc) is 3.14. The van der Waals surface area contributed by atoms with Crippen molar-refractivity contribution < 1.29 is 9.47 Å². The molecule has 0 bridgehead atoms. The summed E-state index contributed by atoms with van der Waals surface area (Å²) in [6.07, 6.45) is 9.39. The predicted molar refractivity (Wildman–Crippen MR) is 81.2 cm³/mol. The largest absolute Gasteiger partial charge is 0.378 e. The zero-order chi connectivity index (χ0) is 14.0. The molecular weight excluding hydrogens is 254 g/mol. The predicted octanol–water partition coefficient (Wildman–Crippen LogP) is 1.68. The molecular formula is C15H29N3O2. The molecule has 116 valence electrons. The lowest BCUT2D eigenvalue weighted by atomic mass is 10.2. The van der Waals surface area contributed by atoms with Gasteiger partial charge in [0.1, 0.15) is 0 Å². The lowest BCUT2D eigenvalue weighted by Crippen LogP contribution is -2.41. The van der Waals surface area contributed by atoms with Crippen LogP contribution in [0.1, 0.15) is 44.9 Å². The van der Waals surface area contributed by atoms with Crippen LogP contribution < -0.4 is 10.6 Å². The molecule has 1 unspecified atom stereocenters. The topological polar surface area (TPSA) is 54.9 Å². The first-order valence-corrected chi connectivity index (χ1v) is 8.06. The summed E-state index contributed by atoms with van der Waals surface area (Å²) in [5.41, 5.74) is 0. The Bertz CT molecular complexity index is 285. The molecule has 20 heavy (non-hydrogen) atoms. The van der Waals surface area contributed by atoms with Gasteiger partial charge in [-0.3, -0.25) is 4.99 Å². The van der Waals surface area contributed by atoms with Gasteiger partial charge in [-0.05, 0) is 32.1 Å². The van der Waals surface area contributed by atoms with Crippen LogP contribution in [0.25, 0.3) is 0 Å². The van der Waals surface area contributed by atoms with Crippen molar-refractivity contribution in [3.8, 4) is 0 Å². The van der Waals surface area contributed by atoms with Crippen molar-refractivity contribution in [2.24, 2.45) is 4.99 Å². The third-order valence-electron chi connectivity index (χ3n) is 4.01. The maximum Gasteiger partial charge on any atom is 0.191 e. The van der Waals surface area contributed by atoms with E-state index in [9.17, 15) is 0 Å². The molecule has 2 rings (SSSR count). The van der Waals surface area contributed by atoms with Crippen LogP contribution in [0.2, 0.25) is 0 Å². The molecule has 2 N–H and O–H groups in total. The van der Waals surface area contributed by atoms with Crippen molar-refractivity contribution in [2.75, 3.05) is 33.4 Å². The minimum atomic E-state index is 0.347. The van der Waals surface area contributed by atoms with Crippen molar-refractivity contribution in [2.45, 2.75) is 57.2 Å². The molecule has 0 radical (unpaired) electrons. The molecule has 0 aromatic rings. The average molecular weight is 283 g/mol. The first kappa shape index (κ1) is 15.6. The zero-order valence-corrected chi connectivity index (χ0v) is 12.7. The molecule has 2 aliphatic rings. The van der Waals surface area contributed by atoms with Crippen LogP contribution in [0, 0.1) is 0 Å². The summed E-state index contributed by atoms with van der Waals surface area (Å²) in [4.78, 5) is 4.22. The first-order chi connectivity index (χ1) is 9.88. The summed E-state index contributed by atoms with van der Waals surface area (Å²) < 4.78 is 11.4. The molecule has 0 spiro atoms. The second kappa shape index (κ2) is 9.19. The summed E-state index contributed by atoms with van der Waals surface area (Å²) in [6.45, 7) is 3.49. The molecule has 5 nitrogen and oxygen atoms in total. The van der Waals surface area contributed by atoms with E-state index >= 15 is 0 Å². The Labute approximate surface area is 122 Å². The van der Waals surface area contributed by atoms with Gasteiger partial charge in [0.05, 0.1) is 12.2 Å². The van der Waals surface area contributed by atoms with E-state index in [-0.39, 0.29) is 0 Å². The zero-order valence-electron chi connectivity index (χ0n) is 12.7. The molecule has 0 aromatic carbocycles. The summed E-state index contributed by atoms with van der Waals surface area (Å²) in [7, 11) is 1.81. The quantitative estimate of drug-likeness (QED) is 0.424. The van der Waals surface area contributed by atoms with Gasteiger partial charge in [0.2, 0.25) is 0 Å². The smallest absolute Gasteiger partial charge is 0.191 e. The van der Waals surface area contributed by atoms with Gasteiger partial charge in [-0.25, -0.2) is 0 Å². The van der Waals surface area contributed by atoms with E-state index in [0.717, 1.165) is 45.1 Å². The van der Waals surface area contributed by atoms with Gasteiger partial charge < -0.3 is 20.1 Å². The molecule has 1 heterocycles. The summed E-state index contributed by atoms with van der Waals surface area (Å²) in [5.74, 6) is 0.862. The maximum atomic E-state index is 5.84. The van der Waals surface area contributed by atoms with Crippen LogP contribution in [0.4, 0.5) is 0 Å².